The lowest BCUT2D eigenvalue weighted by atomic mass is 10.2. The second kappa shape index (κ2) is 8.01. The highest BCUT2D eigenvalue weighted by Crippen LogP contribution is 2.25. The number of nitrogens with one attached hydrogen (secondary N) is 1. The van der Waals surface area contributed by atoms with Gasteiger partial charge in [0.1, 0.15) is 5.82 Å². The van der Waals surface area contributed by atoms with Gasteiger partial charge < -0.3 is 9.73 Å². The van der Waals surface area contributed by atoms with Crippen molar-refractivity contribution in [3.63, 3.8) is 0 Å². The van der Waals surface area contributed by atoms with Gasteiger partial charge in [-0.3, -0.25) is 9.36 Å². The van der Waals surface area contributed by atoms with E-state index in [0.717, 1.165) is 5.56 Å². The van der Waals surface area contributed by atoms with Gasteiger partial charge in [-0.25, -0.2) is 4.39 Å². The summed E-state index contributed by atoms with van der Waals surface area (Å²) in [7, 11) is 0. The van der Waals surface area contributed by atoms with Crippen molar-refractivity contribution < 1.29 is 13.6 Å². The zero-order valence-electron chi connectivity index (χ0n) is 14.1. The van der Waals surface area contributed by atoms with Crippen LogP contribution in [0.25, 0.3) is 11.6 Å². The van der Waals surface area contributed by atoms with Crippen molar-refractivity contribution in [1.82, 2.24) is 14.8 Å². The number of amides is 1. The van der Waals surface area contributed by atoms with E-state index in [0.29, 0.717) is 29.0 Å². The predicted octanol–water partition coefficient (Wildman–Crippen LogP) is 3.90. The Kier molecular flexibility index (Phi) is 5.52. The topological polar surface area (TPSA) is 73.0 Å². The summed E-state index contributed by atoms with van der Waals surface area (Å²) in [6, 6.07) is 7.83. The third-order valence-corrected chi connectivity index (χ3v) is 4.54. The predicted molar refractivity (Wildman–Crippen MR) is 98.4 cm³/mol. The van der Waals surface area contributed by atoms with E-state index in [9.17, 15) is 9.18 Å². The number of anilines is 1. The maximum absolute atomic E-state index is 13.3. The van der Waals surface area contributed by atoms with Gasteiger partial charge in [0.15, 0.2) is 10.9 Å². The minimum Gasteiger partial charge on any atom is -0.461 e. The van der Waals surface area contributed by atoms with E-state index in [2.05, 4.69) is 22.1 Å². The molecule has 0 saturated heterocycles. The van der Waals surface area contributed by atoms with Crippen molar-refractivity contribution in [3.8, 4) is 11.6 Å². The Morgan fingerprint density at radius 2 is 2.27 bits per heavy atom. The summed E-state index contributed by atoms with van der Waals surface area (Å²) in [6.45, 7) is 6.02. The molecule has 1 N–H and O–H groups in total. The van der Waals surface area contributed by atoms with Gasteiger partial charge in [-0.05, 0) is 36.8 Å². The number of carbonyl (C=O) groups is 1. The number of rotatable bonds is 7. The number of thioether (sulfide) groups is 1. The number of nitrogens with zero attached hydrogens (tertiary/aromatic N) is 3. The SMILES string of the molecule is C=CCn1c(SCC(=O)Nc2cc(F)ccc2C)nnc1-c1ccco1. The standard InChI is InChI=1S/C18H17FN4O2S/c1-3-8-23-17(15-5-4-9-25-15)21-22-18(23)26-11-16(24)20-14-10-13(19)7-6-12(14)2/h3-7,9-10H,1,8,11H2,2H3,(H,20,24). The maximum atomic E-state index is 13.3. The molecule has 0 saturated carbocycles. The molecule has 2 heterocycles. The van der Waals surface area contributed by atoms with Gasteiger partial charge in [-0.15, -0.1) is 16.8 Å². The van der Waals surface area contributed by atoms with E-state index in [-0.39, 0.29) is 11.7 Å². The van der Waals surface area contributed by atoms with Crippen molar-refractivity contribution in [3.05, 3.63) is 60.6 Å². The quantitative estimate of drug-likeness (QED) is 0.503. The summed E-state index contributed by atoms with van der Waals surface area (Å²) in [5, 5.41) is 11.5. The van der Waals surface area contributed by atoms with E-state index in [1.165, 1.54) is 23.9 Å². The monoisotopic (exact) mass is 372 g/mol. The van der Waals surface area contributed by atoms with Crippen LogP contribution < -0.4 is 5.32 Å². The molecule has 0 aliphatic carbocycles. The zero-order chi connectivity index (χ0) is 18.5. The third kappa shape index (κ3) is 4.02. The first-order chi connectivity index (χ1) is 12.6. The molecule has 0 aliphatic rings. The van der Waals surface area contributed by atoms with E-state index < -0.39 is 5.82 Å². The Hall–Kier alpha value is -2.87. The molecule has 1 aromatic carbocycles. The highest BCUT2D eigenvalue weighted by Gasteiger charge is 2.16. The number of aromatic nitrogens is 3. The highest BCUT2D eigenvalue weighted by atomic mass is 32.2. The minimum atomic E-state index is -0.396. The number of benzene rings is 1. The fourth-order valence-corrected chi connectivity index (χ4v) is 3.07. The number of hydrogen-bond donors (Lipinski definition) is 1. The highest BCUT2D eigenvalue weighted by molar-refractivity contribution is 7.99. The van der Waals surface area contributed by atoms with Crippen LogP contribution in [0.2, 0.25) is 0 Å². The van der Waals surface area contributed by atoms with E-state index in [1.54, 1.807) is 37.5 Å². The van der Waals surface area contributed by atoms with Crippen LogP contribution in [0.15, 0.2) is 58.8 Å². The fraction of sp³-hybridized carbons (Fsp3) is 0.167. The van der Waals surface area contributed by atoms with Crippen LogP contribution >= 0.6 is 11.8 Å². The minimum absolute atomic E-state index is 0.114. The Morgan fingerprint density at radius 1 is 1.42 bits per heavy atom. The molecule has 0 bridgehead atoms. The molecule has 0 aliphatic heterocycles. The number of hydrogen-bond acceptors (Lipinski definition) is 5. The van der Waals surface area contributed by atoms with Crippen LogP contribution in [-0.4, -0.2) is 26.4 Å². The van der Waals surface area contributed by atoms with Gasteiger partial charge >= 0.3 is 0 Å². The lowest BCUT2D eigenvalue weighted by Crippen LogP contribution is -2.15. The molecule has 3 rings (SSSR count). The summed E-state index contributed by atoms with van der Waals surface area (Å²) in [5.41, 5.74) is 1.25. The Morgan fingerprint density at radius 3 is 3.00 bits per heavy atom. The molecule has 0 fully saturated rings. The Labute approximate surface area is 154 Å². The molecule has 0 radical (unpaired) electrons. The summed E-state index contributed by atoms with van der Waals surface area (Å²) >= 11 is 1.24. The van der Waals surface area contributed by atoms with Crippen molar-refractivity contribution in [2.45, 2.75) is 18.6 Å². The van der Waals surface area contributed by atoms with E-state index >= 15 is 0 Å². The normalized spacial score (nSPS) is 10.7. The molecule has 26 heavy (non-hydrogen) atoms. The molecule has 6 nitrogen and oxygen atoms in total. The first-order valence-electron chi connectivity index (χ1n) is 7.85. The first-order valence-corrected chi connectivity index (χ1v) is 8.84. The largest absolute Gasteiger partial charge is 0.461 e. The Balaban J connectivity index is 1.70. The molecular formula is C18H17FN4O2S. The molecule has 8 heteroatoms. The maximum Gasteiger partial charge on any atom is 0.234 e. The third-order valence-electron chi connectivity index (χ3n) is 3.58. The van der Waals surface area contributed by atoms with E-state index in [1.807, 2.05) is 4.57 Å². The van der Waals surface area contributed by atoms with Gasteiger partial charge in [0.2, 0.25) is 11.7 Å². The van der Waals surface area contributed by atoms with E-state index in [4.69, 9.17) is 4.42 Å². The fourth-order valence-electron chi connectivity index (χ4n) is 2.32. The second-order valence-electron chi connectivity index (χ2n) is 5.48. The summed E-state index contributed by atoms with van der Waals surface area (Å²) < 4.78 is 20.5. The smallest absolute Gasteiger partial charge is 0.234 e. The number of carbonyl (C=O) groups excluding carboxylic acids is 1. The van der Waals surface area contributed by atoms with Crippen molar-refractivity contribution in [1.29, 1.82) is 0 Å². The summed E-state index contributed by atoms with van der Waals surface area (Å²) in [6.07, 6.45) is 3.28. The number of furan rings is 1. The van der Waals surface area contributed by atoms with Crippen molar-refractivity contribution in [2.24, 2.45) is 0 Å². The zero-order valence-corrected chi connectivity index (χ0v) is 14.9. The molecular weight excluding hydrogens is 355 g/mol. The summed E-state index contributed by atoms with van der Waals surface area (Å²) in [4.78, 5) is 12.2. The molecule has 0 atom stereocenters. The van der Waals surface area contributed by atoms with Gasteiger partial charge in [-0.1, -0.05) is 23.9 Å². The van der Waals surface area contributed by atoms with Gasteiger partial charge in [0.05, 0.1) is 12.0 Å². The molecule has 3 aromatic rings. The van der Waals surface area contributed by atoms with Crippen LogP contribution in [0.1, 0.15) is 5.56 Å². The van der Waals surface area contributed by atoms with Crippen LogP contribution in [0.4, 0.5) is 10.1 Å². The number of aryl methyl sites for hydroxylation is 1. The molecule has 0 spiro atoms. The Bertz CT molecular complexity index is 921. The van der Waals surface area contributed by atoms with Gasteiger partial charge in [0.25, 0.3) is 0 Å². The average molecular weight is 372 g/mol. The van der Waals surface area contributed by atoms with Crippen LogP contribution in [-0.2, 0) is 11.3 Å². The average Bonchev–Trinajstić information content (AvgIpc) is 3.26. The number of allylic oxidation sites excluding steroid dienone is 1. The lowest BCUT2D eigenvalue weighted by Gasteiger charge is -2.09. The lowest BCUT2D eigenvalue weighted by molar-refractivity contribution is -0.113. The van der Waals surface area contributed by atoms with Crippen molar-refractivity contribution >= 4 is 23.4 Å². The number of halogens is 1. The molecule has 134 valence electrons. The first kappa shape index (κ1) is 17.9. The molecule has 0 unspecified atom stereocenters. The van der Waals surface area contributed by atoms with Crippen LogP contribution in [0.5, 0.6) is 0 Å². The molecule has 1 amide bonds. The van der Waals surface area contributed by atoms with Crippen LogP contribution in [0.3, 0.4) is 0 Å². The summed E-state index contributed by atoms with van der Waals surface area (Å²) in [5.74, 6) is 0.622. The molecule has 2 aromatic heterocycles. The van der Waals surface area contributed by atoms with Crippen molar-refractivity contribution in [2.75, 3.05) is 11.1 Å². The van der Waals surface area contributed by atoms with Crippen LogP contribution in [0, 0.1) is 12.7 Å². The van der Waals surface area contributed by atoms with Gasteiger partial charge in [-0.2, -0.15) is 0 Å². The van der Waals surface area contributed by atoms with Gasteiger partial charge in [0, 0.05) is 12.2 Å². The second-order valence-corrected chi connectivity index (χ2v) is 6.42.